The van der Waals surface area contributed by atoms with Crippen molar-refractivity contribution in [3.8, 4) is 0 Å². The third kappa shape index (κ3) is 2.14. The van der Waals surface area contributed by atoms with Crippen LogP contribution < -0.4 is 4.90 Å². The standard InChI is InChI=1S/C20H15BrClNO4/c1-11-3-9-14(10-4-11)23-16(24)15-19(17(23)25,20(15,21)18(26)27-2)12-5-7-13(22)8-6-12/h3-10,15H,1-2H3/t15-,19+,20-/m0/s1. The van der Waals surface area contributed by atoms with Gasteiger partial charge >= 0.3 is 5.97 Å². The molecule has 1 saturated heterocycles. The van der Waals surface area contributed by atoms with Crippen molar-refractivity contribution in [2.75, 3.05) is 12.0 Å². The van der Waals surface area contributed by atoms with Crippen molar-refractivity contribution in [2.24, 2.45) is 5.92 Å². The van der Waals surface area contributed by atoms with E-state index in [-0.39, 0.29) is 0 Å². The Morgan fingerprint density at radius 2 is 1.70 bits per heavy atom. The van der Waals surface area contributed by atoms with E-state index in [1.54, 1.807) is 36.4 Å². The van der Waals surface area contributed by atoms with Crippen LogP contribution in [-0.2, 0) is 24.5 Å². The zero-order chi connectivity index (χ0) is 19.6. The van der Waals surface area contributed by atoms with Crippen LogP contribution in [0, 0.1) is 12.8 Å². The summed E-state index contributed by atoms with van der Waals surface area (Å²) < 4.78 is 3.48. The van der Waals surface area contributed by atoms with E-state index in [0.29, 0.717) is 16.3 Å². The van der Waals surface area contributed by atoms with Gasteiger partial charge in [-0.05, 0) is 36.8 Å². The van der Waals surface area contributed by atoms with Crippen LogP contribution in [-0.4, -0.2) is 29.2 Å². The molecule has 0 radical (unpaired) electrons. The number of amides is 2. The molecule has 27 heavy (non-hydrogen) atoms. The lowest BCUT2D eigenvalue weighted by molar-refractivity contribution is -0.143. The number of carbonyl (C=O) groups excluding carboxylic acids is 3. The van der Waals surface area contributed by atoms with E-state index in [9.17, 15) is 14.4 Å². The maximum absolute atomic E-state index is 13.5. The molecule has 2 aromatic carbocycles. The number of fused-ring (bicyclic) bond motifs is 1. The van der Waals surface area contributed by atoms with Gasteiger partial charge in [0.2, 0.25) is 11.8 Å². The van der Waals surface area contributed by atoms with Crippen molar-refractivity contribution in [3.05, 3.63) is 64.7 Å². The average Bonchev–Trinajstić information content (AvgIpc) is 3.15. The first-order chi connectivity index (χ1) is 12.8. The van der Waals surface area contributed by atoms with E-state index in [0.717, 1.165) is 10.5 Å². The van der Waals surface area contributed by atoms with Gasteiger partial charge in [0.25, 0.3) is 0 Å². The molecule has 1 heterocycles. The molecule has 0 unspecified atom stereocenters. The fourth-order valence-corrected chi connectivity index (χ4v) is 5.40. The molecular formula is C20H15BrClNO4. The van der Waals surface area contributed by atoms with Crippen molar-refractivity contribution in [1.29, 1.82) is 0 Å². The Kier molecular flexibility index (Phi) is 3.98. The average molecular weight is 449 g/mol. The Balaban J connectivity index is 1.87. The maximum Gasteiger partial charge on any atom is 0.324 e. The predicted octanol–water partition coefficient (Wildman–Crippen LogP) is 3.40. The van der Waals surface area contributed by atoms with E-state index in [1.807, 2.05) is 19.1 Å². The molecule has 2 aromatic rings. The van der Waals surface area contributed by atoms with E-state index >= 15 is 0 Å². The summed E-state index contributed by atoms with van der Waals surface area (Å²) in [6.45, 7) is 1.92. The number of carbonyl (C=O) groups is 3. The number of anilines is 1. The van der Waals surface area contributed by atoms with E-state index in [2.05, 4.69) is 15.9 Å². The molecule has 2 aliphatic rings. The van der Waals surface area contributed by atoms with Crippen LogP contribution in [0.2, 0.25) is 5.02 Å². The number of hydrogen-bond acceptors (Lipinski definition) is 4. The SMILES string of the molecule is COC(=O)[C@@]1(Br)[C@H]2C(=O)N(c3ccc(C)cc3)C(=O)[C@@]21c1ccc(Cl)cc1. The van der Waals surface area contributed by atoms with Crippen molar-refractivity contribution >= 4 is 51.0 Å². The molecular weight excluding hydrogens is 434 g/mol. The third-order valence-electron chi connectivity index (χ3n) is 5.40. The Labute approximate surface area is 169 Å². The number of imide groups is 1. The molecule has 7 heteroatoms. The fourth-order valence-electron chi connectivity index (χ4n) is 4.06. The lowest BCUT2D eigenvalue weighted by Gasteiger charge is -2.25. The molecule has 1 aliphatic carbocycles. The molecule has 0 aromatic heterocycles. The number of ether oxygens (including phenoxy) is 1. The second kappa shape index (κ2) is 5.91. The van der Waals surface area contributed by atoms with E-state index in [4.69, 9.17) is 16.3 Å². The van der Waals surface area contributed by atoms with Crippen molar-refractivity contribution < 1.29 is 19.1 Å². The lowest BCUT2D eigenvalue weighted by Crippen LogP contribution is -2.46. The molecule has 1 aliphatic heterocycles. The van der Waals surface area contributed by atoms with Crippen LogP contribution in [0.3, 0.4) is 0 Å². The summed E-state index contributed by atoms with van der Waals surface area (Å²) in [6.07, 6.45) is 0. The molecule has 2 amide bonds. The smallest absolute Gasteiger partial charge is 0.324 e. The summed E-state index contributed by atoms with van der Waals surface area (Å²) in [5.74, 6) is -2.41. The van der Waals surface area contributed by atoms with Crippen LogP contribution in [0.5, 0.6) is 0 Å². The van der Waals surface area contributed by atoms with Crippen molar-refractivity contribution in [3.63, 3.8) is 0 Å². The topological polar surface area (TPSA) is 63.7 Å². The van der Waals surface area contributed by atoms with Crippen LogP contribution in [0.25, 0.3) is 0 Å². The summed E-state index contributed by atoms with van der Waals surface area (Å²) in [7, 11) is 1.24. The lowest BCUT2D eigenvalue weighted by atomic mass is 9.91. The first-order valence-corrected chi connectivity index (χ1v) is 9.45. The van der Waals surface area contributed by atoms with Gasteiger partial charge in [-0.15, -0.1) is 0 Å². The van der Waals surface area contributed by atoms with Crippen LogP contribution in [0.15, 0.2) is 48.5 Å². The zero-order valence-electron chi connectivity index (χ0n) is 14.5. The van der Waals surface area contributed by atoms with Gasteiger partial charge in [0.1, 0.15) is 5.41 Å². The third-order valence-corrected chi connectivity index (χ3v) is 7.06. The van der Waals surface area contributed by atoms with Crippen molar-refractivity contribution in [2.45, 2.75) is 16.7 Å². The minimum absolute atomic E-state index is 0.430. The minimum atomic E-state index is -1.42. The van der Waals surface area contributed by atoms with E-state index in [1.165, 1.54) is 7.11 Å². The Morgan fingerprint density at radius 3 is 2.26 bits per heavy atom. The van der Waals surface area contributed by atoms with Crippen LogP contribution in [0.1, 0.15) is 11.1 Å². The number of halogens is 2. The summed E-state index contributed by atoms with van der Waals surface area (Å²) in [5.41, 5.74) is 0.690. The first kappa shape index (κ1) is 18.2. The Hall–Kier alpha value is -2.18. The summed E-state index contributed by atoms with van der Waals surface area (Å²) >= 11 is 9.36. The first-order valence-electron chi connectivity index (χ1n) is 8.28. The molecule has 5 nitrogen and oxygen atoms in total. The van der Waals surface area contributed by atoms with Gasteiger partial charge in [-0.2, -0.15) is 0 Å². The van der Waals surface area contributed by atoms with Gasteiger partial charge in [0.05, 0.1) is 18.7 Å². The zero-order valence-corrected chi connectivity index (χ0v) is 16.9. The second-order valence-electron chi connectivity index (χ2n) is 6.77. The number of methoxy groups -OCH3 is 1. The molecule has 4 rings (SSSR count). The molecule has 138 valence electrons. The number of hydrogen-bond donors (Lipinski definition) is 0. The molecule has 0 spiro atoms. The van der Waals surface area contributed by atoms with Crippen LogP contribution in [0.4, 0.5) is 5.69 Å². The molecule has 3 atom stereocenters. The molecule has 2 fully saturated rings. The normalized spacial score (nSPS) is 28.9. The number of alkyl halides is 1. The van der Waals surface area contributed by atoms with Gasteiger partial charge in [-0.3, -0.25) is 14.4 Å². The van der Waals surface area contributed by atoms with Crippen LogP contribution >= 0.6 is 27.5 Å². The number of nitrogens with zero attached hydrogens (tertiary/aromatic N) is 1. The van der Waals surface area contributed by atoms with Gasteiger partial charge in [-0.25, -0.2) is 4.90 Å². The largest absolute Gasteiger partial charge is 0.468 e. The Morgan fingerprint density at radius 1 is 1.11 bits per heavy atom. The quantitative estimate of drug-likeness (QED) is 0.410. The minimum Gasteiger partial charge on any atom is -0.468 e. The van der Waals surface area contributed by atoms with Gasteiger partial charge in [0.15, 0.2) is 4.32 Å². The molecule has 0 bridgehead atoms. The Bertz CT molecular complexity index is 974. The highest BCUT2D eigenvalue weighted by molar-refractivity contribution is 9.10. The van der Waals surface area contributed by atoms with Gasteiger partial charge in [-0.1, -0.05) is 57.4 Å². The summed E-state index contributed by atoms with van der Waals surface area (Å²) in [6, 6.07) is 13.7. The number of aryl methyl sites for hydroxylation is 1. The monoisotopic (exact) mass is 447 g/mol. The summed E-state index contributed by atoms with van der Waals surface area (Å²) in [5, 5.41) is 0.498. The maximum atomic E-state index is 13.5. The number of esters is 1. The van der Waals surface area contributed by atoms with Gasteiger partial charge < -0.3 is 4.74 Å². The number of benzene rings is 2. The second-order valence-corrected chi connectivity index (χ2v) is 8.45. The van der Waals surface area contributed by atoms with Gasteiger partial charge in [0, 0.05) is 5.02 Å². The summed E-state index contributed by atoms with van der Waals surface area (Å²) in [4.78, 5) is 40.4. The number of piperidine rings is 1. The number of rotatable bonds is 3. The van der Waals surface area contributed by atoms with Crippen molar-refractivity contribution in [1.82, 2.24) is 0 Å². The molecule has 1 saturated carbocycles. The van der Waals surface area contributed by atoms with E-state index < -0.39 is 33.4 Å². The highest BCUT2D eigenvalue weighted by atomic mass is 79.9. The highest BCUT2D eigenvalue weighted by Crippen LogP contribution is 2.73. The predicted molar refractivity (Wildman–Crippen MR) is 104 cm³/mol. The highest BCUT2D eigenvalue weighted by Gasteiger charge is 2.92. The fraction of sp³-hybridized carbons (Fsp3) is 0.250. The molecule has 0 N–H and O–H groups in total.